The van der Waals surface area contributed by atoms with E-state index in [1.54, 1.807) is 23.9 Å². The third-order valence-corrected chi connectivity index (χ3v) is 5.19. The summed E-state index contributed by atoms with van der Waals surface area (Å²) in [5, 5.41) is 6.35. The molecule has 1 atom stereocenters. The Bertz CT molecular complexity index is 477. The molecule has 1 aromatic carbocycles. The number of piperazine rings is 1. The van der Waals surface area contributed by atoms with Gasteiger partial charge in [-0.2, -0.15) is 0 Å². The van der Waals surface area contributed by atoms with Crippen molar-refractivity contribution in [2.24, 2.45) is 5.92 Å². The van der Waals surface area contributed by atoms with Gasteiger partial charge in [0.15, 0.2) is 0 Å². The largest absolute Gasteiger partial charge is 0.356 e. The lowest BCUT2D eigenvalue weighted by Crippen LogP contribution is -2.44. The van der Waals surface area contributed by atoms with Gasteiger partial charge in [0, 0.05) is 49.3 Å². The smallest absolute Gasteiger partial charge is 0.223 e. The van der Waals surface area contributed by atoms with Gasteiger partial charge in [-0.05, 0) is 37.2 Å². The molecule has 0 aliphatic carbocycles. The molecule has 6 heteroatoms. The number of amides is 1. The highest BCUT2D eigenvalue weighted by Crippen LogP contribution is 2.20. The first-order valence-corrected chi connectivity index (χ1v) is 9.23. The van der Waals surface area contributed by atoms with Crippen LogP contribution >= 0.6 is 11.8 Å². The van der Waals surface area contributed by atoms with Crippen LogP contribution in [-0.4, -0.2) is 55.8 Å². The highest BCUT2D eigenvalue weighted by atomic mass is 32.2. The maximum absolute atomic E-state index is 12.8. The van der Waals surface area contributed by atoms with Crippen LogP contribution in [-0.2, 0) is 4.79 Å². The molecule has 1 heterocycles. The first kappa shape index (κ1) is 18.2. The van der Waals surface area contributed by atoms with Crippen molar-refractivity contribution in [1.82, 2.24) is 15.5 Å². The van der Waals surface area contributed by atoms with Gasteiger partial charge in [-0.3, -0.25) is 4.79 Å². The number of carbonyl (C=O) groups excluding carboxylic acids is 1. The molecule has 1 unspecified atom stereocenters. The number of rotatable bonds is 8. The summed E-state index contributed by atoms with van der Waals surface area (Å²) in [7, 11) is 0. The van der Waals surface area contributed by atoms with Crippen molar-refractivity contribution >= 4 is 17.7 Å². The molecular weight excluding hydrogens is 313 g/mol. The lowest BCUT2D eigenvalue weighted by Gasteiger charge is -2.27. The number of thioether (sulfide) groups is 1. The first-order chi connectivity index (χ1) is 11.1. The fourth-order valence-electron chi connectivity index (χ4n) is 2.45. The summed E-state index contributed by atoms with van der Waals surface area (Å²) in [6, 6.07) is 6.39. The lowest BCUT2D eigenvalue weighted by atomic mass is 10.2. The van der Waals surface area contributed by atoms with Crippen LogP contribution in [0.2, 0.25) is 0 Å². The first-order valence-electron chi connectivity index (χ1n) is 8.24. The Morgan fingerprint density at radius 3 is 2.74 bits per heavy atom. The molecule has 4 nitrogen and oxygen atoms in total. The summed E-state index contributed by atoms with van der Waals surface area (Å²) in [5.74, 6) is 0.517. The Morgan fingerprint density at radius 2 is 2.04 bits per heavy atom. The molecule has 1 amide bonds. The van der Waals surface area contributed by atoms with Gasteiger partial charge in [0.1, 0.15) is 5.82 Å². The van der Waals surface area contributed by atoms with Crippen LogP contribution in [0.3, 0.4) is 0 Å². The zero-order valence-corrected chi connectivity index (χ0v) is 14.5. The molecule has 1 fully saturated rings. The molecule has 1 aromatic rings. The van der Waals surface area contributed by atoms with Crippen LogP contribution in [0.1, 0.15) is 13.3 Å². The molecule has 1 aliphatic rings. The molecule has 0 aromatic heterocycles. The van der Waals surface area contributed by atoms with Crippen LogP contribution in [0.15, 0.2) is 29.2 Å². The monoisotopic (exact) mass is 339 g/mol. The number of nitrogens with one attached hydrogen (secondary N) is 2. The third-order valence-electron chi connectivity index (χ3n) is 3.92. The van der Waals surface area contributed by atoms with Gasteiger partial charge >= 0.3 is 0 Å². The minimum absolute atomic E-state index is 0.0516. The van der Waals surface area contributed by atoms with E-state index in [1.807, 2.05) is 6.92 Å². The zero-order chi connectivity index (χ0) is 16.5. The SMILES string of the molecule is CC(CSc1ccc(F)cc1)C(=O)NCCCN1CCNCC1. The Labute approximate surface area is 142 Å². The van der Waals surface area contributed by atoms with E-state index in [-0.39, 0.29) is 17.6 Å². The fraction of sp³-hybridized carbons (Fsp3) is 0.588. The van der Waals surface area contributed by atoms with E-state index in [4.69, 9.17) is 0 Å². The average molecular weight is 339 g/mol. The Hall–Kier alpha value is -1.11. The van der Waals surface area contributed by atoms with Crippen LogP contribution in [0, 0.1) is 11.7 Å². The van der Waals surface area contributed by atoms with Crippen molar-refractivity contribution in [3.63, 3.8) is 0 Å². The highest BCUT2D eigenvalue weighted by molar-refractivity contribution is 7.99. The van der Waals surface area contributed by atoms with Gasteiger partial charge in [0.2, 0.25) is 5.91 Å². The second-order valence-electron chi connectivity index (χ2n) is 5.90. The van der Waals surface area contributed by atoms with Crippen molar-refractivity contribution in [2.75, 3.05) is 45.0 Å². The van der Waals surface area contributed by atoms with Gasteiger partial charge in [-0.1, -0.05) is 6.92 Å². The summed E-state index contributed by atoms with van der Waals surface area (Å²) in [6.07, 6.45) is 0.990. The highest BCUT2D eigenvalue weighted by Gasteiger charge is 2.13. The van der Waals surface area contributed by atoms with Crippen molar-refractivity contribution in [2.45, 2.75) is 18.2 Å². The number of carbonyl (C=O) groups is 1. The summed E-state index contributed by atoms with van der Waals surface area (Å²) < 4.78 is 12.8. The number of benzene rings is 1. The molecule has 0 radical (unpaired) electrons. The van der Waals surface area contributed by atoms with Gasteiger partial charge in [0.25, 0.3) is 0 Å². The second-order valence-corrected chi connectivity index (χ2v) is 7.00. The van der Waals surface area contributed by atoms with E-state index in [0.29, 0.717) is 5.75 Å². The molecule has 0 spiro atoms. The molecule has 128 valence electrons. The van der Waals surface area contributed by atoms with Gasteiger partial charge in [-0.25, -0.2) is 4.39 Å². The molecule has 2 N–H and O–H groups in total. The van der Waals surface area contributed by atoms with E-state index in [9.17, 15) is 9.18 Å². The van der Waals surface area contributed by atoms with Crippen molar-refractivity contribution in [3.05, 3.63) is 30.1 Å². The van der Waals surface area contributed by atoms with Crippen molar-refractivity contribution in [1.29, 1.82) is 0 Å². The van der Waals surface area contributed by atoms with E-state index in [1.165, 1.54) is 12.1 Å². The Kier molecular flexibility index (Phi) is 7.85. The number of halogens is 1. The van der Waals surface area contributed by atoms with Crippen LogP contribution in [0.4, 0.5) is 4.39 Å². The van der Waals surface area contributed by atoms with E-state index < -0.39 is 0 Å². The quantitative estimate of drug-likeness (QED) is 0.561. The maximum atomic E-state index is 12.8. The van der Waals surface area contributed by atoms with Crippen LogP contribution < -0.4 is 10.6 Å². The molecule has 0 bridgehead atoms. The molecular formula is C17H26FN3OS. The topological polar surface area (TPSA) is 44.4 Å². The Morgan fingerprint density at radius 1 is 1.35 bits per heavy atom. The predicted octanol–water partition coefficient (Wildman–Crippen LogP) is 1.97. The molecule has 1 saturated heterocycles. The minimum atomic E-state index is -0.232. The molecule has 2 rings (SSSR count). The summed E-state index contributed by atoms with van der Waals surface area (Å²) in [4.78, 5) is 15.5. The molecule has 23 heavy (non-hydrogen) atoms. The molecule has 0 saturated carbocycles. The van der Waals surface area contributed by atoms with Crippen molar-refractivity contribution < 1.29 is 9.18 Å². The van der Waals surface area contributed by atoms with Crippen LogP contribution in [0.5, 0.6) is 0 Å². The number of nitrogens with zero attached hydrogens (tertiary/aromatic N) is 1. The van der Waals surface area contributed by atoms with Gasteiger partial charge in [-0.15, -0.1) is 11.8 Å². The number of hydrogen-bond acceptors (Lipinski definition) is 4. The third kappa shape index (κ3) is 6.89. The lowest BCUT2D eigenvalue weighted by molar-refractivity contribution is -0.123. The summed E-state index contributed by atoms with van der Waals surface area (Å²) in [5.41, 5.74) is 0. The van der Waals surface area contributed by atoms with E-state index >= 15 is 0 Å². The Balaban J connectivity index is 1.57. The van der Waals surface area contributed by atoms with Gasteiger partial charge in [0.05, 0.1) is 0 Å². The van der Waals surface area contributed by atoms with Gasteiger partial charge < -0.3 is 15.5 Å². The maximum Gasteiger partial charge on any atom is 0.223 e. The van der Waals surface area contributed by atoms with E-state index in [2.05, 4.69) is 15.5 Å². The minimum Gasteiger partial charge on any atom is -0.356 e. The van der Waals surface area contributed by atoms with Crippen LogP contribution in [0.25, 0.3) is 0 Å². The zero-order valence-electron chi connectivity index (χ0n) is 13.7. The average Bonchev–Trinajstić information content (AvgIpc) is 2.58. The standard InChI is InChI=1S/C17H26FN3OS/c1-14(13-23-16-5-3-15(18)4-6-16)17(22)20-7-2-10-21-11-8-19-9-12-21/h3-6,14,19H,2,7-13H2,1H3,(H,20,22). The normalized spacial score (nSPS) is 17.0. The number of hydrogen-bond donors (Lipinski definition) is 2. The second kappa shape index (κ2) is 9.90. The van der Waals surface area contributed by atoms with E-state index in [0.717, 1.165) is 50.6 Å². The summed E-state index contributed by atoms with van der Waals surface area (Å²) in [6.45, 7) is 8.02. The summed E-state index contributed by atoms with van der Waals surface area (Å²) >= 11 is 1.58. The fourth-order valence-corrected chi connectivity index (χ4v) is 3.37. The predicted molar refractivity (Wildman–Crippen MR) is 93.2 cm³/mol. The molecule has 1 aliphatic heterocycles. The van der Waals surface area contributed by atoms with Crippen molar-refractivity contribution in [3.8, 4) is 0 Å².